The van der Waals surface area contributed by atoms with Gasteiger partial charge in [-0.05, 0) is 12.5 Å². The lowest BCUT2D eigenvalue weighted by Gasteiger charge is -2.34. The second-order valence-electron chi connectivity index (χ2n) is 4.93. The summed E-state index contributed by atoms with van der Waals surface area (Å²) < 4.78 is 11.2. The largest absolute Gasteiger partial charge is 0.381 e. The van der Waals surface area contributed by atoms with E-state index in [0.717, 1.165) is 29.5 Å². The second kappa shape index (κ2) is 5.56. The molecule has 4 nitrogen and oxygen atoms in total. The Bertz CT molecular complexity index is 623. The molecule has 0 amide bonds. The monoisotopic (exact) mass is 312 g/mol. The molecule has 3 rings (SSSR count). The molecule has 0 radical (unpaired) electrons. The number of fused-ring (bicyclic) bond motifs is 1. The molecule has 6 heteroatoms. The first-order valence-corrected chi connectivity index (χ1v) is 7.97. The molecular weight excluding hydrogens is 296 g/mol. The summed E-state index contributed by atoms with van der Waals surface area (Å²) in [6.07, 6.45) is 2.50. The average Bonchev–Trinajstić information content (AvgIpc) is 2.92. The molecule has 0 atom stereocenters. The highest BCUT2D eigenvalue weighted by molar-refractivity contribution is 7.18. The van der Waals surface area contributed by atoms with Gasteiger partial charge in [0.05, 0.1) is 0 Å². The maximum atomic E-state index is 6.34. The fourth-order valence-corrected chi connectivity index (χ4v) is 3.78. The zero-order valence-electron chi connectivity index (χ0n) is 11.6. The van der Waals surface area contributed by atoms with Crippen molar-refractivity contribution in [1.29, 1.82) is 0 Å². The quantitative estimate of drug-likeness (QED) is 0.813. The van der Waals surface area contributed by atoms with Crippen LogP contribution in [-0.2, 0) is 21.5 Å². The Hall–Kier alpha value is -0.750. The highest BCUT2D eigenvalue weighted by Crippen LogP contribution is 2.37. The van der Waals surface area contributed by atoms with Gasteiger partial charge < -0.3 is 9.47 Å². The van der Waals surface area contributed by atoms with E-state index in [0.29, 0.717) is 24.2 Å². The lowest BCUT2D eigenvalue weighted by molar-refractivity contribution is -0.0997. The van der Waals surface area contributed by atoms with Gasteiger partial charge in [-0.2, -0.15) is 0 Å². The number of aryl methyl sites for hydroxylation is 1. The SMILES string of the molecule is CCc1cc2c(Cl)nc(C3(OC)CCOCC3)nc2s1. The number of ether oxygens (including phenoxy) is 2. The molecule has 0 saturated carbocycles. The van der Waals surface area contributed by atoms with Gasteiger partial charge in [-0.25, -0.2) is 9.97 Å². The smallest absolute Gasteiger partial charge is 0.163 e. The molecule has 0 aromatic carbocycles. The Morgan fingerprint density at radius 3 is 2.80 bits per heavy atom. The third kappa shape index (κ3) is 2.33. The fraction of sp³-hybridized carbons (Fsp3) is 0.571. The van der Waals surface area contributed by atoms with Crippen molar-refractivity contribution >= 4 is 33.2 Å². The number of halogens is 1. The third-order valence-corrected chi connectivity index (χ3v) is 5.31. The van der Waals surface area contributed by atoms with Crippen molar-refractivity contribution in [1.82, 2.24) is 9.97 Å². The molecule has 1 fully saturated rings. The number of methoxy groups -OCH3 is 1. The molecule has 2 aromatic heterocycles. The molecule has 0 unspecified atom stereocenters. The van der Waals surface area contributed by atoms with E-state index in [2.05, 4.69) is 18.0 Å². The van der Waals surface area contributed by atoms with E-state index >= 15 is 0 Å². The Labute approximate surface area is 127 Å². The second-order valence-corrected chi connectivity index (χ2v) is 6.41. The number of hydrogen-bond acceptors (Lipinski definition) is 5. The van der Waals surface area contributed by atoms with Crippen LogP contribution in [0.5, 0.6) is 0 Å². The summed E-state index contributed by atoms with van der Waals surface area (Å²) in [5.74, 6) is 0.685. The number of thiophene rings is 1. The maximum Gasteiger partial charge on any atom is 0.163 e. The third-order valence-electron chi connectivity index (χ3n) is 3.84. The minimum atomic E-state index is -0.466. The van der Waals surface area contributed by atoms with Gasteiger partial charge >= 0.3 is 0 Å². The van der Waals surface area contributed by atoms with Gasteiger partial charge in [-0.1, -0.05) is 18.5 Å². The Balaban J connectivity index is 2.10. The topological polar surface area (TPSA) is 44.2 Å². The van der Waals surface area contributed by atoms with E-state index in [4.69, 9.17) is 26.1 Å². The van der Waals surface area contributed by atoms with Crippen molar-refractivity contribution < 1.29 is 9.47 Å². The standard InChI is InChI=1S/C14H17ClN2O2S/c1-3-9-8-10-11(15)16-13(17-12(10)20-9)14(18-2)4-6-19-7-5-14/h8H,3-7H2,1-2H3. The molecule has 1 saturated heterocycles. The number of aromatic nitrogens is 2. The number of hydrogen-bond donors (Lipinski definition) is 0. The molecule has 1 aliphatic rings. The van der Waals surface area contributed by atoms with E-state index in [9.17, 15) is 0 Å². The molecular formula is C14H17ClN2O2S. The Morgan fingerprint density at radius 1 is 1.40 bits per heavy atom. The molecule has 0 spiro atoms. The summed E-state index contributed by atoms with van der Waals surface area (Å²) in [5, 5.41) is 1.46. The van der Waals surface area contributed by atoms with Crippen molar-refractivity contribution in [3.8, 4) is 0 Å². The highest BCUT2D eigenvalue weighted by atomic mass is 35.5. The van der Waals surface area contributed by atoms with E-state index in [-0.39, 0.29) is 0 Å². The summed E-state index contributed by atoms with van der Waals surface area (Å²) in [6.45, 7) is 3.46. The van der Waals surface area contributed by atoms with Crippen LogP contribution in [-0.4, -0.2) is 30.3 Å². The normalized spacial score (nSPS) is 18.6. The molecule has 0 N–H and O–H groups in total. The van der Waals surface area contributed by atoms with E-state index in [1.807, 2.05) is 0 Å². The van der Waals surface area contributed by atoms with Gasteiger partial charge in [0.25, 0.3) is 0 Å². The molecule has 3 heterocycles. The first-order chi connectivity index (χ1) is 9.68. The predicted octanol–water partition coefficient (Wildman–Crippen LogP) is 3.56. The Kier molecular flexibility index (Phi) is 3.95. The summed E-state index contributed by atoms with van der Waals surface area (Å²) in [6, 6.07) is 2.08. The van der Waals surface area contributed by atoms with Crippen LogP contribution in [0.2, 0.25) is 5.15 Å². The zero-order valence-corrected chi connectivity index (χ0v) is 13.2. The average molecular weight is 313 g/mol. The first-order valence-electron chi connectivity index (χ1n) is 6.78. The van der Waals surface area contributed by atoms with Crippen molar-refractivity contribution in [2.45, 2.75) is 31.8 Å². The van der Waals surface area contributed by atoms with Crippen molar-refractivity contribution in [2.24, 2.45) is 0 Å². The lowest BCUT2D eigenvalue weighted by Crippen LogP contribution is -2.37. The van der Waals surface area contributed by atoms with Crippen LogP contribution in [0.3, 0.4) is 0 Å². The summed E-state index contributed by atoms with van der Waals surface area (Å²) in [7, 11) is 1.71. The van der Waals surface area contributed by atoms with Gasteiger partial charge in [0.15, 0.2) is 5.82 Å². The fourth-order valence-electron chi connectivity index (χ4n) is 2.53. The predicted molar refractivity (Wildman–Crippen MR) is 80.5 cm³/mol. The van der Waals surface area contributed by atoms with Crippen molar-refractivity contribution in [3.05, 3.63) is 21.9 Å². The number of nitrogens with zero attached hydrogens (tertiary/aromatic N) is 2. The van der Waals surface area contributed by atoms with Gasteiger partial charge in [-0.3, -0.25) is 0 Å². The van der Waals surface area contributed by atoms with E-state index < -0.39 is 5.60 Å². The van der Waals surface area contributed by atoms with Crippen LogP contribution in [0.15, 0.2) is 6.07 Å². The zero-order chi connectivity index (χ0) is 14.2. The minimum absolute atomic E-state index is 0.466. The van der Waals surface area contributed by atoms with Crippen LogP contribution in [0.25, 0.3) is 10.2 Å². The van der Waals surface area contributed by atoms with Crippen LogP contribution in [0.4, 0.5) is 0 Å². The van der Waals surface area contributed by atoms with Crippen LogP contribution >= 0.6 is 22.9 Å². The van der Waals surface area contributed by atoms with Gasteiger partial charge in [0, 0.05) is 43.4 Å². The molecule has 0 aliphatic carbocycles. The van der Waals surface area contributed by atoms with E-state index in [1.165, 1.54) is 4.88 Å². The molecule has 20 heavy (non-hydrogen) atoms. The summed E-state index contributed by atoms with van der Waals surface area (Å²) in [5.41, 5.74) is -0.466. The van der Waals surface area contributed by atoms with Crippen LogP contribution in [0.1, 0.15) is 30.5 Å². The molecule has 108 valence electrons. The minimum Gasteiger partial charge on any atom is -0.381 e. The van der Waals surface area contributed by atoms with Gasteiger partial charge in [0.1, 0.15) is 15.6 Å². The first kappa shape index (κ1) is 14.2. The van der Waals surface area contributed by atoms with E-state index in [1.54, 1.807) is 18.4 Å². The summed E-state index contributed by atoms with van der Waals surface area (Å²) in [4.78, 5) is 11.4. The highest BCUT2D eigenvalue weighted by Gasteiger charge is 2.38. The Morgan fingerprint density at radius 2 is 2.15 bits per heavy atom. The van der Waals surface area contributed by atoms with Crippen molar-refractivity contribution in [3.63, 3.8) is 0 Å². The molecule has 2 aromatic rings. The van der Waals surface area contributed by atoms with Crippen LogP contribution in [0, 0.1) is 0 Å². The van der Waals surface area contributed by atoms with Gasteiger partial charge in [-0.15, -0.1) is 11.3 Å². The number of rotatable bonds is 3. The molecule has 0 bridgehead atoms. The lowest BCUT2D eigenvalue weighted by atomic mass is 9.93. The van der Waals surface area contributed by atoms with Gasteiger partial charge in [0.2, 0.25) is 0 Å². The van der Waals surface area contributed by atoms with Crippen LogP contribution < -0.4 is 0 Å². The molecule has 1 aliphatic heterocycles. The van der Waals surface area contributed by atoms with Crippen molar-refractivity contribution in [2.75, 3.05) is 20.3 Å². The maximum absolute atomic E-state index is 6.34. The summed E-state index contributed by atoms with van der Waals surface area (Å²) >= 11 is 8.02.